The second kappa shape index (κ2) is 7.10. The molecule has 1 aromatic rings. The summed E-state index contributed by atoms with van der Waals surface area (Å²) in [6, 6.07) is 3.46. The van der Waals surface area contributed by atoms with Crippen LogP contribution in [0.2, 0.25) is 0 Å². The van der Waals surface area contributed by atoms with E-state index in [1.165, 1.54) is 0 Å². The van der Waals surface area contributed by atoms with Crippen molar-refractivity contribution < 1.29 is 22.5 Å². The van der Waals surface area contributed by atoms with E-state index in [0.29, 0.717) is 17.7 Å². The molecule has 0 aromatic heterocycles. The molecule has 0 aliphatic rings. The molecule has 0 radical (unpaired) electrons. The quantitative estimate of drug-likeness (QED) is 0.809. The standard InChI is InChI=1S/C9H12O3S.C3H7NO2/c1-6-4-7(2)9(8(3)5-6)13(10,11)12;1-2-6-3(4)5/h4-5H,1-3H3,(H,10,11,12);2H2,1H3,(H2,4,5). The van der Waals surface area contributed by atoms with Crippen molar-refractivity contribution in [2.24, 2.45) is 5.73 Å². The highest BCUT2D eigenvalue weighted by Gasteiger charge is 2.15. The first-order valence-electron chi connectivity index (χ1n) is 5.57. The third-order valence-electron chi connectivity index (χ3n) is 2.15. The van der Waals surface area contributed by atoms with Gasteiger partial charge in [0.25, 0.3) is 10.1 Å². The number of carbonyl (C=O) groups is 1. The third kappa shape index (κ3) is 6.21. The summed E-state index contributed by atoms with van der Waals surface area (Å²) in [6.45, 7) is 7.28. The highest BCUT2D eigenvalue weighted by atomic mass is 32.2. The number of rotatable bonds is 2. The van der Waals surface area contributed by atoms with Gasteiger partial charge in [-0.05, 0) is 38.8 Å². The maximum absolute atomic E-state index is 10.9. The molecular formula is C12H19NO5S. The molecule has 0 heterocycles. The second-order valence-electron chi connectivity index (χ2n) is 3.95. The number of benzene rings is 1. The summed E-state index contributed by atoms with van der Waals surface area (Å²) in [7, 11) is -4.08. The Morgan fingerprint density at radius 3 is 1.89 bits per heavy atom. The van der Waals surface area contributed by atoms with Gasteiger partial charge in [-0.1, -0.05) is 17.7 Å². The lowest BCUT2D eigenvalue weighted by Gasteiger charge is -2.07. The maximum Gasteiger partial charge on any atom is 0.404 e. The molecule has 1 aromatic carbocycles. The molecule has 0 unspecified atom stereocenters. The molecule has 0 aliphatic carbocycles. The van der Waals surface area contributed by atoms with Gasteiger partial charge in [0.05, 0.1) is 11.5 Å². The van der Waals surface area contributed by atoms with E-state index in [1.807, 2.05) is 6.92 Å². The molecule has 3 N–H and O–H groups in total. The number of hydrogen-bond donors (Lipinski definition) is 2. The first kappa shape index (κ1) is 17.4. The first-order chi connectivity index (χ1) is 8.59. The number of hydrogen-bond acceptors (Lipinski definition) is 4. The molecule has 0 aliphatic heterocycles. The summed E-state index contributed by atoms with van der Waals surface area (Å²) in [5, 5.41) is 0. The minimum atomic E-state index is -4.08. The predicted octanol–water partition coefficient (Wildman–Crippen LogP) is 1.96. The predicted molar refractivity (Wildman–Crippen MR) is 71.7 cm³/mol. The Bertz CT molecular complexity index is 528. The van der Waals surface area contributed by atoms with E-state index < -0.39 is 16.2 Å². The smallest absolute Gasteiger partial charge is 0.404 e. The summed E-state index contributed by atoms with van der Waals surface area (Å²) in [5.41, 5.74) is 6.70. The second-order valence-corrected chi connectivity index (χ2v) is 5.31. The number of aryl methyl sites for hydroxylation is 3. The highest BCUT2D eigenvalue weighted by molar-refractivity contribution is 7.86. The largest absolute Gasteiger partial charge is 0.450 e. The monoisotopic (exact) mass is 289 g/mol. The van der Waals surface area contributed by atoms with Gasteiger partial charge in [-0.25, -0.2) is 4.79 Å². The molecule has 0 saturated heterocycles. The SMILES string of the molecule is CCOC(N)=O.Cc1cc(C)c(S(=O)(=O)O)c(C)c1. The van der Waals surface area contributed by atoms with Crippen molar-refractivity contribution in [2.45, 2.75) is 32.6 Å². The molecule has 1 amide bonds. The van der Waals surface area contributed by atoms with Gasteiger partial charge in [-0.2, -0.15) is 8.42 Å². The number of ether oxygens (including phenoxy) is 1. The minimum Gasteiger partial charge on any atom is -0.450 e. The lowest BCUT2D eigenvalue weighted by Crippen LogP contribution is -2.11. The molecule has 0 spiro atoms. The summed E-state index contributed by atoms with van der Waals surface area (Å²) < 4.78 is 35.0. The molecule has 0 fully saturated rings. The van der Waals surface area contributed by atoms with E-state index in [1.54, 1.807) is 32.9 Å². The van der Waals surface area contributed by atoms with Crippen molar-refractivity contribution in [3.63, 3.8) is 0 Å². The molecule has 108 valence electrons. The highest BCUT2D eigenvalue weighted by Crippen LogP contribution is 2.20. The van der Waals surface area contributed by atoms with Crippen LogP contribution in [0, 0.1) is 20.8 Å². The van der Waals surface area contributed by atoms with Gasteiger partial charge in [0.2, 0.25) is 0 Å². The van der Waals surface area contributed by atoms with Crippen LogP contribution in [0.25, 0.3) is 0 Å². The van der Waals surface area contributed by atoms with Crippen molar-refractivity contribution >= 4 is 16.2 Å². The van der Waals surface area contributed by atoms with E-state index in [9.17, 15) is 13.2 Å². The van der Waals surface area contributed by atoms with E-state index in [4.69, 9.17) is 4.55 Å². The van der Waals surface area contributed by atoms with Gasteiger partial charge in [0, 0.05) is 0 Å². The fourth-order valence-electron chi connectivity index (χ4n) is 1.72. The number of nitrogens with two attached hydrogens (primary N) is 1. The first-order valence-corrected chi connectivity index (χ1v) is 7.01. The Labute approximate surface area is 113 Å². The van der Waals surface area contributed by atoms with Crippen molar-refractivity contribution in [3.8, 4) is 0 Å². The maximum atomic E-state index is 10.9. The van der Waals surface area contributed by atoms with Gasteiger partial charge >= 0.3 is 6.09 Å². The van der Waals surface area contributed by atoms with E-state index in [-0.39, 0.29) is 4.90 Å². The van der Waals surface area contributed by atoms with Gasteiger partial charge in [0.15, 0.2) is 0 Å². The molecule has 1 rings (SSSR count). The van der Waals surface area contributed by atoms with Gasteiger partial charge in [0.1, 0.15) is 0 Å². The average Bonchev–Trinajstić information content (AvgIpc) is 2.13. The average molecular weight is 289 g/mol. The van der Waals surface area contributed by atoms with Crippen LogP contribution in [-0.2, 0) is 14.9 Å². The summed E-state index contributed by atoms with van der Waals surface area (Å²) in [4.78, 5) is 9.63. The Morgan fingerprint density at radius 2 is 1.68 bits per heavy atom. The van der Waals surface area contributed by atoms with Gasteiger partial charge in [-0.15, -0.1) is 0 Å². The zero-order valence-corrected chi connectivity index (χ0v) is 12.2. The van der Waals surface area contributed by atoms with Gasteiger partial charge in [-0.3, -0.25) is 4.55 Å². The molecular weight excluding hydrogens is 270 g/mol. The van der Waals surface area contributed by atoms with Crippen LogP contribution in [0.1, 0.15) is 23.6 Å². The topological polar surface area (TPSA) is 107 Å². The van der Waals surface area contributed by atoms with Crippen LogP contribution in [0.15, 0.2) is 17.0 Å². The summed E-state index contributed by atoms with van der Waals surface area (Å²) in [5.74, 6) is 0. The third-order valence-corrected chi connectivity index (χ3v) is 3.31. The molecule has 19 heavy (non-hydrogen) atoms. The molecule has 7 heteroatoms. The van der Waals surface area contributed by atoms with Crippen LogP contribution >= 0.6 is 0 Å². The Hall–Kier alpha value is -1.60. The number of amides is 1. The Kier molecular flexibility index (Phi) is 6.51. The summed E-state index contributed by atoms with van der Waals surface area (Å²) in [6.07, 6.45) is -0.711. The zero-order valence-electron chi connectivity index (χ0n) is 11.4. The van der Waals surface area contributed by atoms with E-state index in [0.717, 1.165) is 5.56 Å². The van der Waals surface area contributed by atoms with E-state index in [2.05, 4.69) is 10.5 Å². The lowest BCUT2D eigenvalue weighted by molar-refractivity contribution is 0.163. The number of carbonyl (C=O) groups excluding carboxylic acids is 1. The zero-order chi connectivity index (χ0) is 15.2. The van der Waals surface area contributed by atoms with Crippen LogP contribution in [0.4, 0.5) is 4.79 Å². The van der Waals surface area contributed by atoms with Crippen LogP contribution in [0.5, 0.6) is 0 Å². The van der Waals surface area contributed by atoms with E-state index >= 15 is 0 Å². The van der Waals surface area contributed by atoms with Crippen molar-refractivity contribution in [2.75, 3.05) is 6.61 Å². The molecule has 0 bridgehead atoms. The minimum absolute atomic E-state index is 0.0260. The Morgan fingerprint density at radius 1 is 1.26 bits per heavy atom. The summed E-state index contributed by atoms with van der Waals surface area (Å²) >= 11 is 0. The fourth-order valence-corrected chi connectivity index (χ4v) is 2.65. The van der Waals surface area contributed by atoms with Crippen molar-refractivity contribution in [1.82, 2.24) is 0 Å². The Balaban J connectivity index is 0.000000459. The van der Waals surface area contributed by atoms with Crippen molar-refractivity contribution in [1.29, 1.82) is 0 Å². The molecule has 0 saturated carbocycles. The van der Waals surface area contributed by atoms with Crippen LogP contribution in [0.3, 0.4) is 0 Å². The molecule has 6 nitrogen and oxygen atoms in total. The van der Waals surface area contributed by atoms with Crippen molar-refractivity contribution in [3.05, 3.63) is 28.8 Å². The molecule has 0 atom stereocenters. The lowest BCUT2D eigenvalue weighted by atomic mass is 10.1. The van der Waals surface area contributed by atoms with Crippen LogP contribution in [-0.4, -0.2) is 25.7 Å². The van der Waals surface area contributed by atoms with Gasteiger partial charge < -0.3 is 10.5 Å². The normalized spacial score (nSPS) is 10.4. The van der Waals surface area contributed by atoms with Crippen LogP contribution < -0.4 is 5.73 Å². The number of primary amides is 1. The fraction of sp³-hybridized carbons (Fsp3) is 0.417.